The summed E-state index contributed by atoms with van der Waals surface area (Å²) >= 11 is 0. The number of carbonyl (C=O) groups excluding carboxylic acids is 1. The minimum atomic E-state index is -0.519. The summed E-state index contributed by atoms with van der Waals surface area (Å²) in [6, 6.07) is 9.87. The van der Waals surface area contributed by atoms with Gasteiger partial charge in [-0.2, -0.15) is 0 Å². The summed E-state index contributed by atoms with van der Waals surface area (Å²) in [6.07, 6.45) is 1.47. The number of benzene rings is 1. The van der Waals surface area contributed by atoms with Crippen LogP contribution in [0.25, 0.3) is 0 Å². The number of ether oxygens (including phenoxy) is 1. The molecule has 1 aromatic heterocycles. The maximum atomic E-state index is 11.0. The van der Waals surface area contributed by atoms with Crippen LogP contribution in [0.15, 0.2) is 42.6 Å². The molecule has 1 amide bonds. The number of anilines is 1. The molecular weight excluding hydrogens is 218 g/mol. The van der Waals surface area contributed by atoms with Gasteiger partial charge in [-0.05, 0) is 30.3 Å². The Labute approximate surface area is 98.0 Å². The minimum absolute atomic E-state index is 0.311. The minimum Gasteiger partial charge on any atom is -0.439 e. The summed E-state index contributed by atoms with van der Waals surface area (Å²) < 4.78 is 5.45. The smallest absolute Gasteiger partial charge is 0.248 e. The monoisotopic (exact) mass is 229 g/mol. The Morgan fingerprint density at radius 2 is 1.88 bits per heavy atom. The fraction of sp³-hybridized carbons (Fsp3) is 0. The lowest BCUT2D eigenvalue weighted by molar-refractivity contribution is 0.1000. The number of amides is 1. The van der Waals surface area contributed by atoms with Crippen LogP contribution in [0.2, 0.25) is 0 Å². The first kappa shape index (κ1) is 10.9. The number of nitrogens with zero attached hydrogens (tertiary/aromatic N) is 1. The summed E-state index contributed by atoms with van der Waals surface area (Å²) in [7, 11) is 0. The molecule has 0 spiro atoms. The maximum absolute atomic E-state index is 11.0. The Morgan fingerprint density at radius 1 is 1.18 bits per heavy atom. The molecule has 2 rings (SSSR count). The number of nitrogen functional groups attached to an aromatic ring is 1. The Balaban J connectivity index is 2.21. The fourth-order valence-electron chi connectivity index (χ4n) is 1.28. The topological polar surface area (TPSA) is 91.2 Å². The van der Waals surface area contributed by atoms with Crippen LogP contribution in [0.5, 0.6) is 11.6 Å². The normalized spacial score (nSPS) is 9.88. The molecule has 17 heavy (non-hydrogen) atoms. The van der Waals surface area contributed by atoms with Gasteiger partial charge in [-0.3, -0.25) is 4.79 Å². The molecule has 0 aliphatic heterocycles. The van der Waals surface area contributed by atoms with Crippen LogP contribution in [0.1, 0.15) is 10.4 Å². The number of hydrogen-bond donors (Lipinski definition) is 2. The average molecular weight is 229 g/mol. The summed E-state index contributed by atoms with van der Waals surface area (Å²) in [6.45, 7) is 0. The molecule has 5 heteroatoms. The van der Waals surface area contributed by atoms with Gasteiger partial charge < -0.3 is 16.2 Å². The van der Waals surface area contributed by atoms with E-state index in [2.05, 4.69) is 4.98 Å². The van der Waals surface area contributed by atoms with E-state index in [1.807, 2.05) is 0 Å². The third-order valence-corrected chi connectivity index (χ3v) is 2.12. The van der Waals surface area contributed by atoms with Gasteiger partial charge >= 0.3 is 0 Å². The highest BCUT2D eigenvalue weighted by molar-refractivity contribution is 5.92. The highest BCUT2D eigenvalue weighted by atomic mass is 16.5. The van der Waals surface area contributed by atoms with Crippen molar-refractivity contribution < 1.29 is 9.53 Å². The van der Waals surface area contributed by atoms with Gasteiger partial charge in [0, 0.05) is 23.5 Å². The molecule has 86 valence electrons. The highest BCUT2D eigenvalue weighted by Gasteiger charge is 2.04. The van der Waals surface area contributed by atoms with E-state index in [4.69, 9.17) is 16.2 Å². The van der Waals surface area contributed by atoms with Crippen molar-refractivity contribution in [3.63, 3.8) is 0 Å². The molecule has 0 aliphatic carbocycles. The van der Waals surface area contributed by atoms with E-state index in [9.17, 15) is 4.79 Å². The third kappa shape index (κ3) is 2.72. The molecule has 0 atom stereocenters. The lowest BCUT2D eigenvalue weighted by atomic mass is 10.2. The maximum Gasteiger partial charge on any atom is 0.248 e. The molecule has 0 bridgehead atoms. The number of rotatable bonds is 3. The number of carbonyl (C=O) groups is 1. The zero-order valence-corrected chi connectivity index (χ0v) is 8.96. The highest BCUT2D eigenvalue weighted by Crippen LogP contribution is 2.20. The Morgan fingerprint density at radius 3 is 2.53 bits per heavy atom. The molecule has 4 N–H and O–H groups in total. The molecular formula is C12H11N3O2. The van der Waals surface area contributed by atoms with Gasteiger partial charge in [-0.15, -0.1) is 0 Å². The van der Waals surface area contributed by atoms with Gasteiger partial charge in [0.05, 0.1) is 0 Å². The third-order valence-electron chi connectivity index (χ3n) is 2.12. The van der Waals surface area contributed by atoms with E-state index < -0.39 is 5.91 Å². The predicted octanol–water partition coefficient (Wildman–Crippen LogP) is 1.55. The lowest BCUT2D eigenvalue weighted by Crippen LogP contribution is -2.10. The van der Waals surface area contributed by atoms with E-state index in [1.54, 1.807) is 24.3 Å². The summed E-state index contributed by atoms with van der Waals surface area (Å²) in [5.74, 6) is 0.383. The van der Waals surface area contributed by atoms with Crippen LogP contribution in [-0.2, 0) is 0 Å². The van der Waals surface area contributed by atoms with Gasteiger partial charge in [-0.25, -0.2) is 4.98 Å². The largest absolute Gasteiger partial charge is 0.439 e. The molecule has 0 saturated heterocycles. The number of nitrogens with two attached hydrogens (primary N) is 2. The number of pyridine rings is 1. The van der Waals surface area contributed by atoms with Crippen LogP contribution in [0.4, 0.5) is 5.69 Å². The first-order valence-electron chi connectivity index (χ1n) is 4.94. The number of primary amides is 1. The summed E-state index contributed by atoms with van der Waals surface area (Å²) in [5.41, 5.74) is 11.7. The van der Waals surface area contributed by atoms with E-state index in [0.717, 1.165) is 0 Å². The Bertz CT molecular complexity index is 538. The second-order valence-electron chi connectivity index (χ2n) is 3.42. The quantitative estimate of drug-likeness (QED) is 0.781. The molecule has 2 aromatic rings. The van der Waals surface area contributed by atoms with Crippen molar-refractivity contribution in [2.24, 2.45) is 5.73 Å². The fourth-order valence-corrected chi connectivity index (χ4v) is 1.28. The molecule has 5 nitrogen and oxygen atoms in total. The van der Waals surface area contributed by atoms with Crippen molar-refractivity contribution in [3.05, 3.63) is 48.2 Å². The van der Waals surface area contributed by atoms with Crippen molar-refractivity contribution in [2.45, 2.75) is 0 Å². The van der Waals surface area contributed by atoms with Crippen molar-refractivity contribution in [1.82, 2.24) is 4.98 Å². The van der Waals surface area contributed by atoms with E-state index in [0.29, 0.717) is 22.9 Å². The van der Waals surface area contributed by atoms with Gasteiger partial charge in [0.25, 0.3) is 0 Å². The van der Waals surface area contributed by atoms with Crippen LogP contribution in [0, 0.1) is 0 Å². The van der Waals surface area contributed by atoms with Gasteiger partial charge in [0.15, 0.2) is 0 Å². The van der Waals surface area contributed by atoms with Crippen LogP contribution in [0.3, 0.4) is 0 Å². The first-order valence-corrected chi connectivity index (χ1v) is 4.94. The second kappa shape index (κ2) is 4.52. The number of hydrogen-bond acceptors (Lipinski definition) is 4. The van der Waals surface area contributed by atoms with E-state index in [-0.39, 0.29) is 0 Å². The van der Waals surface area contributed by atoms with Gasteiger partial charge in [0.1, 0.15) is 5.75 Å². The van der Waals surface area contributed by atoms with Crippen molar-refractivity contribution >= 4 is 11.6 Å². The van der Waals surface area contributed by atoms with Crippen molar-refractivity contribution in [2.75, 3.05) is 5.73 Å². The molecule has 1 heterocycles. The molecule has 0 radical (unpaired) electrons. The van der Waals surface area contributed by atoms with Crippen LogP contribution in [-0.4, -0.2) is 10.9 Å². The van der Waals surface area contributed by atoms with Gasteiger partial charge in [0.2, 0.25) is 11.8 Å². The van der Waals surface area contributed by atoms with Crippen LogP contribution >= 0.6 is 0 Å². The second-order valence-corrected chi connectivity index (χ2v) is 3.42. The first-order chi connectivity index (χ1) is 8.15. The lowest BCUT2D eigenvalue weighted by Gasteiger charge is -2.05. The van der Waals surface area contributed by atoms with Crippen molar-refractivity contribution in [1.29, 1.82) is 0 Å². The molecule has 0 aliphatic rings. The van der Waals surface area contributed by atoms with E-state index >= 15 is 0 Å². The van der Waals surface area contributed by atoms with Crippen LogP contribution < -0.4 is 16.2 Å². The molecule has 0 fully saturated rings. The molecule has 0 saturated carbocycles. The van der Waals surface area contributed by atoms with Gasteiger partial charge in [-0.1, -0.05) is 0 Å². The SMILES string of the molecule is NC(=O)c1ccnc(Oc2ccc(N)cc2)c1. The zero-order valence-electron chi connectivity index (χ0n) is 8.96. The van der Waals surface area contributed by atoms with E-state index in [1.165, 1.54) is 18.3 Å². The number of aromatic nitrogens is 1. The Kier molecular flexibility index (Phi) is 2.91. The molecule has 1 aromatic carbocycles. The summed E-state index contributed by atoms with van der Waals surface area (Å²) in [4.78, 5) is 15.0. The summed E-state index contributed by atoms with van der Waals surface area (Å²) in [5, 5.41) is 0. The standard InChI is InChI=1S/C12H11N3O2/c13-9-1-3-10(4-2-9)17-11-7-8(12(14)16)5-6-15-11/h1-7H,13H2,(H2,14,16). The van der Waals surface area contributed by atoms with Crippen molar-refractivity contribution in [3.8, 4) is 11.6 Å². The zero-order chi connectivity index (χ0) is 12.3. The Hall–Kier alpha value is -2.56. The predicted molar refractivity (Wildman–Crippen MR) is 63.7 cm³/mol. The molecule has 0 unspecified atom stereocenters. The average Bonchev–Trinajstić information content (AvgIpc) is 2.32.